The number of benzene rings is 1. The third-order valence-corrected chi connectivity index (χ3v) is 2.47. The van der Waals surface area contributed by atoms with Crippen LogP contribution in [0.15, 0.2) is 30.0 Å². The highest BCUT2D eigenvalue weighted by Gasteiger charge is 2.29. The van der Waals surface area contributed by atoms with E-state index in [-0.39, 0.29) is 12.4 Å². The van der Waals surface area contributed by atoms with Crippen LogP contribution in [0.5, 0.6) is 5.75 Å². The molecule has 5 nitrogen and oxygen atoms in total. The second-order valence-corrected chi connectivity index (χ2v) is 3.97. The number of fused-ring (bicyclic) bond motifs is 1. The monoisotopic (exact) mass is 265 g/mol. The summed E-state index contributed by atoms with van der Waals surface area (Å²) in [6.07, 6.45) is 1.30. The molecule has 5 heteroatoms. The van der Waals surface area contributed by atoms with Crippen molar-refractivity contribution in [1.82, 2.24) is 0 Å². The van der Waals surface area contributed by atoms with Crippen molar-refractivity contribution in [3.63, 3.8) is 0 Å². The van der Waals surface area contributed by atoms with E-state index in [4.69, 9.17) is 15.6 Å². The Morgan fingerprint density at radius 3 is 2.58 bits per heavy atom. The Balaban J connectivity index is 0.000000399. The van der Waals surface area contributed by atoms with Crippen LogP contribution >= 0.6 is 0 Å². The van der Waals surface area contributed by atoms with Gasteiger partial charge in [0.2, 0.25) is 0 Å². The molecule has 1 aliphatic rings. The van der Waals surface area contributed by atoms with Crippen molar-refractivity contribution in [3.05, 3.63) is 35.6 Å². The number of nitrogens with two attached hydrogens (primary N) is 1. The van der Waals surface area contributed by atoms with E-state index in [1.165, 1.54) is 0 Å². The van der Waals surface area contributed by atoms with Gasteiger partial charge in [0, 0.05) is 18.5 Å². The normalized spacial score (nSPS) is 15.2. The number of rotatable bonds is 3. The van der Waals surface area contributed by atoms with Crippen molar-refractivity contribution in [2.45, 2.75) is 19.8 Å². The van der Waals surface area contributed by atoms with Gasteiger partial charge in [-0.15, -0.1) is 0 Å². The van der Waals surface area contributed by atoms with Crippen molar-refractivity contribution in [3.8, 4) is 5.75 Å². The smallest absolute Gasteiger partial charge is 0.347 e. The van der Waals surface area contributed by atoms with Gasteiger partial charge >= 0.3 is 5.97 Å². The van der Waals surface area contributed by atoms with Crippen LogP contribution in [0.1, 0.15) is 25.3 Å². The van der Waals surface area contributed by atoms with Gasteiger partial charge < -0.3 is 20.7 Å². The summed E-state index contributed by atoms with van der Waals surface area (Å²) in [6.45, 7) is 2.42. The van der Waals surface area contributed by atoms with E-state index in [1.807, 2.05) is 13.0 Å². The van der Waals surface area contributed by atoms with Crippen molar-refractivity contribution in [2.24, 2.45) is 5.73 Å². The standard InChI is InChI=1S/C12H12O3.C2H7NO/c1-2-5-9(13)11-8-6-3-4-7-10(8)15-12(11)14;3-1-2-4/h3-4,6-7,13H,2,5H2,1H3;4H,1-3H2/b11-9-;. The van der Waals surface area contributed by atoms with Crippen molar-refractivity contribution in [1.29, 1.82) is 0 Å². The molecule has 2 rings (SSSR count). The molecule has 4 N–H and O–H groups in total. The van der Waals surface area contributed by atoms with E-state index in [0.717, 1.165) is 6.42 Å². The Morgan fingerprint density at radius 2 is 2.00 bits per heavy atom. The van der Waals surface area contributed by atoms with Gasteiger partial charge in [0.05, 0.1) is 6.61 Å². The second-order valence-electron chi connectivity index (χ2n) is 3.97. The molecule has 19 heavy (non-hydrogen) atoms. The van der Waals surface area contributed by atoms with E-state index in [9.17, 15) is 9.90 Å². The van der Waals surface area contributed by atoms with E-state index >= 15 is 0 Å². The molecule has 0 fully saturated rings. The number of hydrogen-bond donors (Lipinski definition) is 3. The van der Waals surface area contributed by atoms with Crippen molar-refractivity contribution < 1.29 is 19.7 Å². The van der Waals surface area contributed by atoms with Crippen LogP contribution < -0.4 is 10.5 Å². The van der Waals surface area contributed by atoms with Gasteiger partial charge in [-0.3, -0.25) is 0 Å². The lowest BCUT2D eigenvalue weighted by Crippen LogP contribution is -2.03. The maximum atomic E-state index is 11.5. The fourth-order valence-electron chi connectivity index (χ4n) is 1.66. The highest BCUT2D eigenvalue weighted by atomic mass is 16.5. The van der Waals surface area contributed by atoms with E-state index < -0.39 is 5.97 Å². The van der Waals surface area contributed by atoms with E-state index in [0.29, 0.717) is 29.9 Å². The summed E-state index contributed by atoms with van der Waals surface area (Å²) >= 11 is 0. The summed E-state index contributed by atoms with van der Waals surface area (Å²) in [4.78, 5) is 11.5. The number of aliphatic hydroxyl groups excluding tert-OH is 2. The molecule has 0 saturated heterocycles. The van der Waals surface area contributed by atoms with Crippen molar-refractivity contribution >= 4 is 11.5 Å². The largest absolute Gasteiger partial charge is 0.511 e. The molecule has 1 aromatic carbocycles. The second kappa shape index (κ2) is 7.56. The maximum Gasteiger partial charge on any atom is 0.347 e. The number of carbonyl (C=O) groups is 1. The molecule has 0 amide bonds. The topological polar surface area (TPSA) is 92.8 Å². The predicted octanol–water partition coefficient (Wildman–Crippen LogP) is 1.61. The molecule has 0 unspecified atom stereocenters. The molecule has 0 aromatic heterocycles. The molecule has 1 aliphatic heterocycles. The molecule has 1 aromatic rings. The zero-order valence-corrected chi connectivity index (χ0v) is 10.9. The van der Waals surface area contributed by atoms with Gasteiger partial charge in [-0.25, -0.2) is 4.79 Å². The highest BCUT2D eigenvalue weighted by Crippen LogP contribution is 2.35. The van der Waals surface area contributed by atoms with Crippen LogP contribution in [0.3, 0.4) is 0 Å². The van der Waals surface area contributed by atoms with Gasteiger partial charge in [0.25, 0.3) is 0 Å². The number of hydrogen-bond acceptors (Lipinski definition) is 5. The maximum absolute atomic E-state index is 11.5. The van der Waals surface area contributed by atoms with Gasteiger partial charge in [0.1, 0.15) is 17.1 Å². The Hall–Kier alpha value is -1.85. The number of carbonyl (C=O) groups excluding carboxylic acids is 1. The molecule has 0 atom stereocenters. The number of para-hydroxylation sites is 1. The summed E-state index contributed by atoms with van der Waals surface area (Å²) in [5.74, 6) is 0.190. The highest BCUT2D eigenvalue weighted by molar-refractivity contribution is 6.21. The Kier molecular flexibility index (Phi) is 6.05. The van der Waals surface area contributed by atoms with Gasteiger partial charge in [-0.1, -0.05) is 25.1 Å². The summed E-state index contributed by atoms with van der Waals surface area (Å²) < 4.78 is 5.03. The number of esters is 1. The fraction of sp³-hybridized carbons (Fsp3) is 0.357. The quantitative estimate of drug-likeness (QED) is 0.334. The van der Waals surface area contributed by atoms with Crippen LogP contribution in [0, 0.1) is 0 Å². The van der Waals surface area contributed by atoms with Crippen LogP contribution in [0.4, 0.5) is 0 Å². The molecule has 0 saturated carbocycles. The van der Waals surface area contributed by atoms with Crippen LogP contribution in [0.2, 0.25) is 0 Å². The first-order chi connectivity index (χ1) is 9.15. The average Bonchev–Trinajstić information content (AvgIpc) is 2.75. The number of ether oxygens (including phenoxy) is 1. The fourth-order valence-corrected chi connectivity index (χ4v) is 1.66. The molecule has 0 bridgehead atoms. The van der Waals surface area contributed by atoms with E-state index in [2.05, 4.69) is 0 Å². The minimum atomic E-state index is -0.456. The minimum absolute atomic E-state index is 0.0972. The summed E-state index contributed by atoms with van der Waals surface area (Å²) in [5, 5.41) is 17.5. The summed E-state index contributed by atoms with van der Waals surface area (Å²) in [6, 6.07) is 7.12. The first-order valence-electron chi connectivity index (χ1n) is 6.20. The Bertz CT molecular complexity index is 466. The molecule has 0 spiro atoms. The zero-order valence-electron chi connectivity index (χ0n) is 10.9. The van der Waals surface area contributed by atoms with Gasteiger partial charge in [0.15, 0.2) is 0 Å². The third kappa shape index (κ3) is 3.81. The third-order valence-electron chi connectivity index (χ3n) is 2.47. The summed E-state index contributed by atoms with van der Waals surface area (Å²) in [5.41, 5.74) is 5.78. The molecule has 104 valence electrons. The molecular weight excluding hydrogens is 246 g/mol. The van der Waals surface area contributed by atoms with Gasteiger partial charge in [-0.05, 0) is 12.5 Å². The van der Waals surface area contributed by atoms with Crippen molar-refractivity contribution in [2.75, 3.05) is 13.2 Å². The number of allylic oxidation sites excluding steroid dienone is 1. The van der Waals surface area contributed by atoms with Crippen LogP contribution in [0.25, 0.3) is 5.57 Å². The van der Waals surface area contributed by atoms with Crippen LogP contribution in [-0.4, -0.2) is 29.3 Å². The summed E-state index contributed by atoms with van der Waals surface area (Å²) in [7, 11) is 0. The lowest BCUT2D eigenvalue weighted by atomic mass is 10.0. The van der Waals surface area contributed by atoms with Gasteiger partial charge in [-0.2, -0.15) is 0 Å². The number of aliphatic hydroxyl groups is 2. The molecule has 0 aliphatic carbocycles. The lowest BCUT2D eigenvalue weighted by molar-refractivity contribution is -0.127. The Labute approximate surface area is 112 Å². The first kappa shape index (κ1) is 15.2. The lowest BCUT2D eigenvalue weighted by Gasteiger charge is -2.00. The van der Waals surface area contributed by atoms with E-state index in [1.54, 1.807) is 18.2 Å². The first-order valence-corrected chi connectivity index (χ1v) is 6.20. The average molecular weight is 265 g/mol. The Morgan fingerprint density at radius 1 is 1.37 bits per heavy atom. The molecular formula is C14H19NO4. The molecule has 1 heterocycles. The minimum Gasteiger partial charge on any atom is -0.511 e. The zero-order chi connectivity index (χ0) is 14.3. The van der Waals surface area contributed by atoms with Crippen LogP contribution in [-0.2, 0) is 4.79 Å². The predicted molar refractivity (Wildman–Crippen MR) is 72.7 cm³/mol. The SMILES string of the molecule is CCC/C(O)=C1/C(=O)Oc2ccccc21.NCCO. The molecule has 0 radical (unpaired) electrons.